The summed E-state index contributed by atoms with van der Waals surface area (Å²) < 4.78 is 145. The fourth-order valence-corrected chi connectivity index (χ4v) is 4.49. The number of alkyl halides is 9. The quantitative estimate of drug-likeness (QED) is 0.270. The van der Waals surface area contributed by atoms with Crippen LogP contribution in [0.1, 0.15) is 23.6 Å². The van der Waals surface area contributed by atoms with Crippen LogP contribution in [0.5, 0.6) is 0 Å². The summed E-state index contributed by atoms with van der Waals surface area (Å²) in [6.45, 7) is 1.23. The number of halogens is 9. The number of fused-ring (bicyclic) bond motifs is 1. The lowest BCUT2D eigenvalue weighted by Crippen LogP contribution is -2.11. The molecule has 0 aliphatic rings. The Bertz CT molecular complexity index is 1610. The highest BCUT2D eigenvalue weighted by molar-refractivity contribution is 7.91. The number of aromatic nitrogens is 4. The van der Waals surface area contributed by atoms with Gasteiger partial charge in [0, 0.05) is 18.0 Å². The van der Waals surface area contributed by atoms with Crippen molar-refractivity contribution < 1.29 is 47.9 Å². The lowest BCUT2D eigenvalue weighted by molar-refractivity contribution is -0.143. The van der Waals surface area contributed by atoms with Crippen LogP contribution < -0.4 is 0 Å². The molecule has 3 heterocycles. The molecule has 4 rings (SSSR count). The number of rotatable bonds is 4. The van der Waals surface area contributed by atoms with E-state index < -0.39 is 72.8 Å². The minimum absolute atomic E-state index is 0.0786. The largest absolute Gasteiger partial charge is 0.417 e. The first-order valence-electron chi connectivity index (χ1n) is 10.4. The van der Waals surface area contributed by atoms with Crippen LogP contribution in [0.3, 0.4) is 0 Å². The van der Waals surface area contributed by atoms with E-state index in [9.17, 15) is 47.9 Å². The third kappa shape index (κ3) is 5.30. The Balaban J connectivity index is 1.93. The fourth-order valence-electron chi connectivity index (χ4n) is 3.44. The van der Waals surface area contributed by atoms with Crippen LogP contribution >= 0.6 is 0 Å². The van der Waals surface area contributed by atoms with E-state index in [1.54, 1.807) is 0 Å². The van der Waals surface area contributed by atoms with Crippen molar-refractivity contribution >= 4 is 15.5 Å². The predicted octanol–water partition coefficient (Wildman–Crippen LogP) is 6.31. The SMILES string of the molecule is CCS(=O)(=O)c1cc(-c2cc(C(F)(F)F)cc(C(F)(F)F)c2)cnc1-c1nc2ccc(C(F)(F)F)cn2n1. The summed E-state index contributed by atoms with van der Waals surface area (Å²) in [5.41, 5.74) is -5.86. The highest BCUT2D eigenvalue weighted by Crippen LogP contribution is 2.39. The molecule has 1 aromatic carbocycles. The van der Waals surface area contributed by atoms with Crippen molar-refractivity contribution in [2.24, 2.45) is 0 Å². The van der Waals surface area contributed by atoms with Crippen LogP contribution in [-0.2, 0) is 28.4 Å². The molecule has 0 amide bonds. The van der Waals surface area contributed by atoms with Crippen molar-refractivity contribution in [3.63, 3.8) is 0 Å². The Hall–Kier alpha value is -3.69. The number of benzene rings is 1. The predicted molar refractivity (Wildman–Crippen MR) is 114 cm³/mol. The van der Waals surface area contributed by atoms with Gasteiger partial charge < -0.3 is 0 Å². The summed E-state index contributed by atoms with van der Waals surface area (Å²) in [4.78, 5) is 7.23. The number of pyridine rings is 2. The molecule has 0 spiro atoms. The van der Waals surface area contributed by atoms with E-state index in [-0.39, 0.29) is 17.3 Å². The van der Waals surface area contributed by atoms with E-state index in [2.05, 4.69) is 15.1 Å². The number of hydrogen-bond donors (Lipinski definition) is 0. The molecule has 16 heteroatoms. The summed E-state index contributed by atoms with van der Waals surface area (Å²) in [6, 6.07) is 3.27. The molecular weight excluding hydrogens is 555 g/mol. The molecule has 0 saturated carbocycles. The van der Waals surface area contributed by atoms with E-state index in [0.717, 1.165) is 28.9 Å². The first-order valence-corrected chi connectivity index (χ1v) is 12.0. The minimum Gasteiger partial charge on any atom is -0.251 e. The molecule has 0 atom stereocenters. The molecule has 0 radical (unpaired) electrons. The fraction of sp³-hybridized carbons (Fsp3) is 0.227. The van der Waals surface area contributed by atoms with Crippen LogP contribution in [0.25, 0.3) is 28.3 Å². The van der Waals surface area contributed by atoms with Crippen molar-refractivity contribution in [2.75, 3.05) is 5.75 Å². The monoisotopic (exact) mass is 568 g/mol. The lowest BCUT2D eigenvalue weighted by atomic mass is 10.00. The normalized spacial score (nSPS) is 13.3. The lowest BCUT2D eigenvalue weighted by Gasteiger charge is -2.15. The summed E-state index contributed by atoms with van der Waals surface area (Å²) >= 11 is 0. The average molecular weight is 568 g/mol. The van der Waals surface area contributed by atoms with Gasteiger partial charge in [0.1, 0.15) is 5.69 Å². The topological polar surface area (TPSA) is 77.2 Å². The number of hydrogen-bond acceptors (Lipinski definition) is 5. The standard InChI is InChI=1S/C22H13F9N4O2S/c1-2-38(36,37)16-7-12(11-5-14(21(26,27)28)8-15(6-11)22(29,30)31)9-32-18(16)19-33-17-4-3-13(20(23,24)25)10-35(17)34-19/h3-10H,2H2,1H3. The molecule has 0 bridgehead atoms. The Kier molecular flexibility index (Phi) is 6.45. The Morgan fingerprint density at radius 3 is 1.89 bits per heavy atom. The Morgan fingerprint density at radius 2 is 1.37 bits per heavy atom. The maximum Gasteiger partial charge on any atom is 0.417 e. The second-order valence-corrected chi connectivity index (χ2v) is 10.2. The highest BCUT2D eigenvalue weighted by Gasteiger charge is 2.37. The van der Waals surface area contributed by atoms with E-state index in [1.165, 1.54) is 6.92 Å². The van der Waals surface area contributed by atoms with Crippen LogP contribution in [-0.4, -0.2) is 33.8 Å². The summed E-state index contributed by atoms with van der Waals surface area (Å²) in [5, 5.41) is 3.84. The van der Waals surface area contributed by atoms with Gasteiger partial charge in [-0.15, -0.1) is 5.10 Å². The molecule has 4 aromatic rings. The van der Waals surface area contributed by atoms with Crippen LogP contribution in [0, 0.1) is 0 Å². The molecule has 202 valence electrons. The molecular formula is C22H13F9N4O2S. The third-order valence-electron chi connectivity index (χ3n) is 5.36. The van der Waals surface area contributed by atoms with E-state index in [0.29, 0.717) is 18.3 Å². The van der Waals surface area contributed by atoms with Crippen molar-refractivity contribution in [1.82, 2.24) is 19.6 Å². The minimum atomic E-state index is -5.14. The van der Waals surface area contributed by atoms with Crippen LogP contribution in [0.2, 0.25) is 0 Å². The second-order valence-electron chi connectivity index (χ2n) is 7.92. The Labute approximate surface area is 207 Å². The van der Waals surface area contributed by atoms with Gasteiger partial charge in [-0.3, -0.25) is 4.98 Å². The smallest absolute Gasteiger partial charge is 0.251 e. The van der Waals surface area contributed by atoms with Gasteiger partial charge in [-0.2, -0.15) is 39.5 Å². The zero-order chi connectivity index (χ0) is 28.3. The maximum atomic E-state index is 13.3. The molecule has 0 fully saturated rings. The van der Waals surface area contributed by atoms with Crippen LogP contribution in [0.15, 0.2) is 53.7 Å². The zero-order valence-corrected chi connectivity index (χ0v) is 19.6. The van der Waals surface area contributed by atoms with Gasteiger partial charge in [-0.05, 0) is 42.0 Å². The maximum absolute atomic E-state index is 13.3. The van der Waals surface area contributed by atoms with Gasteiger partial charge in [0.05, 0.1) is 27.3 Å². The van der Waals surface area contributed by atoms with E-state index >= 15 is 0 Å². The summed E-state index contributed by atoms with van der Waals surface area (Å²) in [7, 11) is -4.23. The van der Waals surface area contributed by atoms with Gasteiger partial charge in [-0.25, -0.2) is 17.9 Å². The third-order valence-corrected chi connectivity index (χ3v) is 7.10. The first-order chi connectivity index (χ1) is 17.4. The molecule has 0 unspecified atom stereocenters. The van der Waals surface area contributed by atoms with Gasteiger partial charge in [0.25, 0.3) is 0 Å². The summed E-state index contributed by atoms with van der Waals surface area (Å²) in [5.74, 6) is -0.976. The molecule has 38 heavy (non-hydrogen) atoms. The van der Waals surface area contributed by atoms with Crippen molar-refractivity contribution in [1.29, 1.82) is 0 Å². The molecule has 6 nitrogen and oxygen atoms in total. The zero-order valence-electron chi connectivity index (χ0n) is 18.7. The van der Waals surface area contributed by atoms with Crippen LogP contribution in [0.4, 0.5) is 39.5 Å². The van der Waals surface area contributed by atoms with Crippen molar-refractivity contribution in [3.8, 4) is 22.6 Å². The van der Waals surface area contributed by atoms with Gasteiger partial charge in [0.15, 0.2) is 15.5 Å². The number of sulfone groups is 1. The Morgan fingerprint density at radius 1 is 0.789 bits per heavy atom. The average Bonchev–Trinajstić information content (AvgIpc) is 3.25. The van der Waals surface area contributed by atoms with Gasteiger partial charge in [-0.1, -0.05) is 6.92 Å². The number of nitrogens with zero attached hydrogens (tertiary/aromatic N) is 4. The summed E-state index contributed by atoms with van der Waals surface area (Å²) in [6.07, 6.45) is -13.6. The van der Waals surface area contributed by atoms with Gasteiger partial charge >= 0.3 is 18.5 Å². The first kappa shape index (κ1) is 27.3. The van der Waals surface area contributed by atoms with Crippen molar-refractivity contribution in [2.45, 2.75) is 30.3 Å². The van der Waals surface area contributed by atoms with E-state index in [1.807, 2.05) is 0 Å². The molecule has 3 aromatic heterocycles. The molecule has 0 aliphatic heterocycles. The molecule has 0 aliphatic carbocycles. The second kappa shape index (κ2) is 8.96. The van der Waals surface area contributed by atoms with Crippen molar-refractivity contribution in [3.05, 3.63) is 65.5 Å². The highest BCUT2D eigenvalue weighted by atomic mass is 32.2. The molecule has 0 N–H and O–H groups in total. The molecule has 0 saturated heterocycles. The van der Waals surface area contributed by atoms with Gasteiger partial charge in [0.2, 0.25) is 5.82 Å². The van der Waals surface area contributed by atoms with E-state index in [4.69, 9.17) is 0 Å².